The largest absolute Gasteiger partial charge is 0.480 e. The van der Waals surface area contributed by atoms with Crippen molar-refractivity contribution in [2.24, 2.45) is 5.92 Å². The van der Waals surface area contributed by atoms with Crippen LogP contribution in [0.5, 0.6) is 0 Å². The van der Waals surface area contributed by atoms with Gasteiger partial charge in [0.2, 0.25) is 5.91 Å². The summed E-state index contributed by atoms with van der Waals surface area (Å²) in [4.78, 5) is 41.1. The van der Waals surface area contributed by atoms with Crippen molar-refractivity contribution in [3.8, 4) is 0 Å². The standard InChI is InChI=1S/C29H28N2O4/c32-27(21-14-8-3-9-15-21)30-24-18-22-16-17-23(24)26(29(34)35)31(22)28(33)25(19-10-4-1-5-11-19)20-12-6-2-7-13-20/h1-15,22-26H,16-18H2,(H,30,32)(H,34,35)/t22-,23+,24?,26+/m0/s1. The minimum atomic E-state index is -1.02. The molecule has 2 bridgehead atoms. The van der Waals surface area contributed by atoms with Crippen LogP contribution in [0.3, 0.4) is 0 Å². The van der Waals surface area contributed by atoms with Crippen LogP contribution < -0.4 is 5.32 Å². The maximum absolute atomic E-state index is 14.1. The van der Waals surface area contributed by atoms with E-state index in [-0.39, 0.29) is 29.8 Å². The second-order valence-corrected chi connectivity index (χ2v) is 9.36. The molecule has 1 unspecified atom stereocenters. The first kappa shape index (κ1) is 22.8. The third-order valence-corrected chi connectivity index (χ3v) is 7.35. The van der Waals surface area contributed by atoms with E-state index in [0.29, 0.717) is 18.4 Å². The number of rotatable bonds is 6. The summed E-state index contributed by atoms with van der Waals surface area (Å²) in [5, 5.41) is 13.3. The minimum absolute atomic E-state index is 0.197. The molecule has 1 aliphatic carbocycles. The fourth-order valence-corrected chi connectivity index (χ4v) is 5.78. The van der Waals surface area contributed by atoms with Gasteiger partial charge < -0.3 is 15.3 Å². The van der Waals surface area contributed by atoms with Gasteiger partial charge in [0.1, 0.15) is 6.04 Å². The van der Waals surface area contributed by atoms with Gasteiger partial charge in [0, 0.05) is 23.6 Å². The van der Waals surface area contributed by atoms with Gasteiger partial charge in [0.15, 0.2) is 0 Å². The topological polar surface area (TPSA) is 86.7 Å². The fraction of sp³-hybridized carbons (Fsp3) is 0.276. The van der Waals surface area contributed by atoms with Gasteiger partial charge in [-0.15, -0.1) is 0 Å². The lowest BCUT2D eigenvalue weighted by Gasteiger charge is -2.54. The number of piperidine rings is 2. The zero-order valence-electron chi connectivity index (χ0n) is 19.3. The van der Waals surface area contributed by atoms with E-state index in [4.69, 9.17) is 0 Å². The molecule has 2 N–H and O–H groups in total. The Morgan fingerprint density at radius 3 is 1.89 bits per heavy atom. The first-order valence-electron chi connectivity index (χ1n) is 12.1. The summed E-state index contributed by atoms with van der Waals surface area (Å²) in [5.74, 6) is -2.36. The summed E-state index contributed by atoms with van der Waals surface area (Å²) in [6, 6.07) is 26.4. The molecular weight excluding hydrogens is 440 g/mol. The lowest BCUT2D eigenvalue weighted by Crippen LogP contribution is -2.68. The first-order chi connectivity index (χ1) is 17.0. The molecule has 2 aliphatic heterocycles. The predicted octanol–water partition coefficient (Wildman–Crippen LogP) is 4.08. The van der Waals surface area contributed by atoms with Gasteiger partial charge >= 0.3 is 5.97 Å². The predicted molar refractivity (Wildman–Crippen MR) is 132 cm³/mol. The van der Waals surface area contributed by atoms with Crippen LogP contribution in [0.25, 0.3) is 0 Å². The number of nitrogens with one attached hydrogen (secondary N) is 1. The Kier molecular flexibility index (Phi) is 6.36. The zero-order chi connectivity index (χ0) is 24.4. The molecule has 4 atom stereocenters. The van der Waals surface area contributed by atoms with Gasteiger partial charge in [-0.25, -0.2) is 4.79 Å². The fourth-order valence-electron chi connectivity index (χ4n) is 5.78. The van der Waals surface area contributed by atoms with Crippen LogP contribution in [-0.2, 0) is 9.59 Å². The van der Waals surface area contributed by atoms with Crippen LogP contribution in [0.1, 0.15) is 46.7 Å². The van der Waals surface area contributed by atoms with Gasteiger partial charge in [0.05, 0.1) is 5.92 Å². The van der Waals surface area contributed by atoms with E-state index in [1.54, 1.807) is 29.2 Å². The Morgan fingerprint density at radius 1 is 0.800 bits per heavy atom. The monoisotopic (exact) mass is 468 g/mol. The third kappa shape index (κ3) is 4.44. The van der Waals surface area contributed by atoms with E-state index < -0.39 is 17.9 Å². The number of benzene rings is 3. The molecule has 3 aromatic rings. The lowest BCUT2D eigenvalue weighted by molar-refractivity contribution is -0.165. The molecule has 6 nitrogen and oxygen atoms in total. The van der Waals surface area contributed by atoms with Crippen molar-refractivity contribution in [3.05, 3.63) is 108 Å². The van der Waals surface area contributed by atoms with Crippen molar-refractivity contribution in [2.75, 3.05) is 0 Å². The molecule has 2 heterocycles. The number of hydrogen-bond donors (Lipinski definition) is 2. The number of hydrogen-bond acceptors (Lipinski definition) is 3. The second kappa shape index (κ2) is 9.74. The van der Waals surface area contributed by atoms with Crippen LogP contribution >= 0.6 is 0 Å². The average molecular weight is 469 g/mol. The van der Waals surface area contributed by atoms with E-state index in [2.05, 4.69) is 5.32 Å². The van der Waals surface area contributed by atoms with Crippen LogP contribution in [0, 0.1) is 5.92 Å². The summed E-state index contributed by atoms with van der Waals surface area (Å²) in [7, 11) is 0. The Bertz CT molecular complexity index is 1160. The second-order valence-electron chi connectivity index (χ2n) is 9.36. The van der Waals surface area contributed by atoms with Gasteiger partial charge in [-0.05, 0) is 42.5 Å². The number of aliphatic carboxylic acids is 1. The van der Waals surface area contributed by atoms with E-state index in [1.165, 1.54) is 0 Å². The number of carbonyl (C=O) groups is 3. The summed E-state index contributed by atoms with van der Waals surface area (Å²) in [6.07, 6.45) is 1.94. The number of nitrogens with zero attached hydrogens (tertiary/aromatic N) is 1. The molecule has 6 rings (SSSR count). The normalized spacial score (nSPS) is 23.2. The van der Waals surface area contributed by atoms with Crippen LogP contribution in [0.4, 0.5) is 0 Å². The molecule has 2 amide bonds. The molecule has 0 spiro atoms. The highest BCUT2D eigenvalue weighted by Crippen LogP contribution is 2.42. The maximum Gasteiger partial charge on any atom is 0.326 e. The van der Waals surface area contributed by atoms with Gasteiger partial charge in [-0.2, -0.15) is 0 Å². The third-order valence-electron chi connectivity index (χ3n) is 7.35. The van der Waals surface area contributed by atoms with Crippen LogP contribution in [0.2, 0.25) is 0 Å². The molecular formula is C29H28N2O4. The number of carbonyl (C=O) groups excluding carboxylic acids is 2. The van der Waals surface area contributed by atoms with Crippen LogP contribution in [-0.4, -0.2) is 45.9 Å². The number of fused-ring (bicyclic) bond motifs is 3. The molecule has 3 fully saturated rings. The smallest absolute Gasteiger partial charge is 0.326 e. The highest BCUT2D eigenvalue weighted by Gasteiger charge is 2.53. The van der Waals surface area contributed by atoms with E-state index in [1.807, 2.05) is 66.7 Å². The molecule has 6 heteroatoms. The summed E-state index contributed by atoms with van der Waals surface area (Å²) < 4.78 is 0. The summed E-state index contributed by atoms with van der Waals surface area (Å²) in [6.45, 7) is 0. The molecule has 35 heavy (non-hydrogen) atoms. The van der Waals surface area contributed by atoms with E-state index in [0.717, 1.165) is 17.5 Å². The van der Waals surface area contributed by atoms with Crippen molar-refractivity contribution in [1.29, 1.82) is 0 Å². The average Bonchev–Trinajstić information content (AvgIpc) is 2.90. The number of carboxylic acids is 1. The van der Waals surface area contributed by atoms with Crippen molar-refractivity contribution >= 4 is 17.8 Å². The van der Waals surface area contributed by atoms with Crippen molar-refractivity contribution in [2.45, 2.75) is 43.3 Å². The van der Waals surface area contributed by atoms with E-state index >= 15 is 0 Å². The SMILES string of the molecule is O=C(NC1C[C@@H]2CC[C@H]1[C@H](C(=O)O)N2C(=O)C(c1ccccc1)c1ccccc1)c1ccccc1. The van der Waals surface area contributed by atoms with Gasteiger partial charge in [0.25, 0.3) is 5.91 Å². The molecule has 178 valence electrons. The molecule has 0 aromatic heterocycles. The summed E-state index contributed by atoms with van der Waals surface area (Å²) >= 11 is 0. The summed E-state index contributed by atoms with van der Waals surface area (Å²) in [5.41, 5.74) is 2.22. The van der Waals surface area contributed by atoms with Crippen LogP contribution in [0.15, 0.2) is 91.0 Å². The van der Waals surface area contributed by atoms with Crippen molar-refractivity contribution in [3.63, 3.8) is 0 Å². The Morgan fingerprint density at radius 2 is 1.34 bits per heavy atom. The minimum Gasteiger partial charge on any atom is -0.480 e. The number of carboxylic acid groups (broad SMARTS) is 1. The Labute approximate surface area is 204 Å². The quantitative estimate of drug-likeness (QED) is 0.571. The highest BCUT2D eigenvalue weighted by molar-refractivity contribution is 5.95. The molecule has 0 radical (unpaired) electrons. The van der Waals surface area contributed by atoms with Gasteiger partial charge in [-0.1, -0.05) is 78.9 Å². The maximum atomic E-state index is 14.1. The highest BCUT2D eigenvalue weighted by atomic mass is 16.4. The zero-order valence-corrected chi connectivity index (χ0v) is 19.3. The first-order valence-corrected chi connectivity index (χ1v) is 12.1. The molecule has 3 aliphatic rings. The molecule has 3 aromatic carbocycles. The lowest BCUT2D eigenvalue weighted by atomic mass is 9.70. The molecule has 1 saturated carbocycles. The van der Waals surface area contributed by atoms with Gasteiger partial charge in [-0.3, -0.25) is 9.59 Å². The van der Waals surface area contributed by atoms with E-state index in [9.17, 15) is 19.5 Å². The van der Waals surface area contributed by atoms with Crippen molar-refractivity contribution in [1.82, 2.24) is 10.2 Å². The Balaban J connectivity index is 1.45. The Hall–Kier alpha value is -3.93. The van der Waals surface area contributed by atoms with Crippen molar-refractivity contribution < 1.29 is 19.5 Å². The molecule has 2 saturated heterocycles. The number of amides is 2.